The molecule has 0 radical (unpaired) electrons. The van der Waals surface area contributed by atoms with Crippen molar-refractivity contribution in [2.75, 3.05) is 11.9 Å². The smallest absolute Gasteiger partial charge is 0.225 e. The van der Waals surface area contributed by atoms with Gasteiger partial charge in [-0.15, -0.1) is 10.2 Å². The molecule has 2 N–H and O–H groups in total. The van der Waals surface area contributed by atoms with E-state index in [1.165, 1.54) is 30.4 Å². The second-order valence-electron chi connectivity index (χ2n) is 10.9. The molecule has 0 spiro atoms. The van der Waals surface area contributed by atoms with Crippen molar-refractivity contribution in [1.82, 2.24) is 14.8 Å². The Kier molecular flexibility index (Phi) is 6.55. The van der Waals surface area contributed by atoms with Gasteiger partial charge in [0.2, 0.25) is 5.91 Å². The van der Waals surface area contributed by atoms with E-state index < -0.39 is 0 Å². The van der Waals surface area contributed by atoms with E-state index in [4.69, 9.17) is 0 Å². The van der Waals surface area contributed by atoms with Gasteiger partial charge in [0.05, 0.1) is 0 Å². The number of hydrogen-bond acceptors (Lipinski definition) is 4. The summed E-state index contributed by atoms with van der Waals surface area (Å²) in [6.45, 7) is 4.64. The van der Waals surface area contributed by atoms with Crippen molar-refractivity contribution < 1.29 is 9.90 Å². The first-order chi connectivity index (χ1) is 16.0. The van der Waals surface area contributed by atoms with Gasteiger partial charge < -0.3 is 15.0 Å². The van der Waals surface area contributed by atoms with E-state index >= 15 is 0 Å². The molecule has 2 saturated carbocycles. The number of aliphatic hydroxyl groups is 1. The third kappa shape index (κ3) is 4.86. The Morgan fingerprint density at radius 3 is 2.76 bits per heavy atom. The lowest BCUT2D eigenvalue weighted by atomic mass is 9.71. The van der Waals surface area contributed by atoms with Crippen LogP contribution in [0.3, 0.4) is 0 Å². The van der Waals surface area contributed by atoms with Gasteiger partial charge in [0.1, 0.15) is 11.6 Å². The molecule has 1 heterocycles. The first-order valence-electron chi connectivity index (χ1n) is 13.0. The molecule has 3 aliphatic carbocycles. The highest BCUT2D eigenvalue weighted by Crippen LogP contribution is 2.48. The number of carbonyl (C=O) groups is 1. The van der Waals surface area contributed by atoms with Gasteiger partial charge in [-0.05, 0) is 86.8 Å². The standard InChI is InChI=1S/C27H38N4O2/c1-17(2)13-18-14-21(15-18)27-30-29-26(31(27)22-9-10-22)20(11-12-32)16-25(33)28-24-8-4-6-19-5-3-7-23(19)24/h4,6,8,17-18,20-22,32H,3,5,7,9-16H2,1-2H3,(H,28,33)/t18-,20-,21+/m0/s1. The molecule has 1 amide bonds. The summed E-state index contributed by atoms with van der Waals surface area (Å²) in [6, 6.07) is 6.68. The van der Waals surface area contributed by atoms with Crippen molar-refractivity contribution in [3.63, 3.8) is 0 Å². The predicted molar refractivity (Wildman–Crippen MR) is 129 cm³/mol. The van der Waals surface area contributed by atoms with Crippen LogP contribution in [0.4, 0.5) is 5.69 Å². The zero-order valence-electron chi connectivity index (χ0n) is 20.1. The van der Waals surface area contributed by atoms with Crippen LogP contribution in [0.25, 0.3) is 0 Å². The molecule has 1 aromatic carbocycles. The number of carbonyl (C=O) groups excluding carboxylic acids is 1. The number of rotatable bonds is 10. The molecule has 6 nitrogen and oxygen atoms in total. The maximum absolute atomic E-state index is 13.1. The Hall–Kier alpha value is -2.21. The second-order valence-corrected chi connectivity index (χ2v) is 10.9. The van der Waals surface area contributed by atoms with E-state index in [1.807, 2.05) is 12.1 Å². The molecule has 178 valence electrons. The number of nitrogens with one attached hydrogen (secondary N) is 1. The van der Waals surface area contributed by atoms with Gasteiger partial charge in [0.25, 0.3) is 0 Å². The quantitative estimate of drug-likeness (QED) is 0.525. The van der Waals surface area contributed by atoms with Crippen LogP contribution < -0.4 is 5.32 Å². The van der Waals surface area contributed by atoms with E-state index in [9.17, 15) is 9.90 Å². The number of anilines is 1. The van der Waals surface area contributed by atoms with Crippen LogP contribution in [0.2, 0.25) is 0 Å². The first kappa shape index (κ1) is 22.6. The monoisotopic (exact) mass is 450 g/mol. The largest absolute Gasteiger partial charge is 0.396 e. The molecule has 33 heavy (non-hydrogen) atoms. The summed E-state index contributed by atoms with van der Waals surface area (Å²) >= 11 is 0. The fourth-order valence-electron chi connectivity index (χ4n) is 6.03. The number of fused-ring (bicyclic) bond motifs is 1. The Balaban J connectivity index is 1.31. The van der Waals surface area contributed by atoms with Crippen molar-refractivity contribution in [2.45, 2.75) is 95.9 Å². The molecule has 3 aliphatic rings. The molecule has 0 aliphatic heterocycles. The Morgan fingerprint density at radius 1 is 1.21 bits per heavy atom. The van der Waals surface area contributed by atoms with Crippen LogP contribution in [-0.2, 0) is 17.6 Å². The second kappa shape index (κ2) is 9.57. The molecular weight excluding hydrogens is 412 g/mol. The Morgan fingerprint density at radius 2 is 2.03 bits per heavy atom. The SMILES string of the molecule is CC(C)C[C@H]1C[C@@H](c2nnc([C@@H](CCO)CC(=O)Nc3cccc4c3CCC4)n2C2CC2)C1. The number of benzene rings is 1. The van der Waals surface area contributed by atoms with Crippen LogP contribution in [-0.4, -0.2) is 32.4 Å². The van der Waals surface area contributed by atoms with E-state index in [-0.39, 0.29) is 18.4 Å². The number of hydrogen-bond donors (Lipinski definition) is 2. The van der Waals surface area contributed by atoms with Crippen LogP contribution in [0.5, 0.6) is 0 Å². The Bertz CT molecular complexity index is 988. The molecule has 0 bridgehead atoms. The number of aryl methyl sites for hydroxylation is 1. The lowest BCUT2D eigenvalue weighted by molar-refractivity contribution is -0.116. The van der Waals surface area contributed by atoms with Gasteiger partial charge in [-0.2, -0.15) is 0 Å². The summed E-state index contributed by atoms with van der Waals surface area (Å²) in [5.74, 6) is 3.95. The van der Waals surface area contributed by atoms with Gasteiger partial charge in [0.15, 0.2) is 0 Å². The summed E-state index contributed by atoms with van der Waals surface area (Å²) in [6.07, 6.45) is 10.2. The summed E-state index contributed by atoms with van der Waals surface area (Å²) < 4.78 is 2.35. The zero-order chi connectivity index (χ0) is 22.9. The number of nitrogens with zero attached hydrogens (tertiary/aromatic N) is 3. The third-order valence-corrected chi connectivity index (χ3v) is 7.76. The van der Waals surface area contributed by atoms with Gasteiger partial charge >= 0.3 is 0 Å². The minimum atomic E-state index is -0.111. The maximum Gasteiger partial charge on any atom is 0.225 e. The third-order valence-electron chi connectivity index (χ3n) is 7.76. The van der Waals surface area contributed by atoms with Crippen molar-refractivity contribution in [1.29, 1.82) is 0 Å². The van der Waals surface area contributed by atoms with Crippen LogP contribution in [0.1, 0.15) is 106 Å². The molecule has 0 saturated heterocycles. The van der Waals surface area contributed by atoms with E-state index in [0.29, 0.717) is 24.8 Å². The van der Waals surface area contributed by atoms with Crippen LogP contribution >= 0.6 is 0 Å². The van der Waals surface area contributed by atoms with Crippen molar-refractivity contribution in [3.05, 3.63) is 41.0 Å². The average molecular weight is 451 g/mol. The molecule has 6 heteroatoms. The summed E-state index contributed by atoms with van der Waals surface area (Å²) in [7, 11) is 0. The zero-order valence-corrected chi connectivity index (χ0v) is 20.1. The predicted octanol–water partition coefficient (Wildman–Crippen LogP) is 5.14. The molecule has 2 fully saturated rings. The molecule has 1 aromatic heterocycles. The van der Waals surface area contributed by atoms with Crippen molar-refractivity contribution in [3.8, 4) is 0 Å². The van der Waals surface area contributed by atoms with Crippen LogP contribution in [0, 0.1) is 11.8 Å². The lowest BCUT2D eigenvalue weighted by Crippen LogP contribution is -2.26. The fraction of sp³-hybridized carbons (Fsp3) is 0.667. The van der Waals surface area contributed by atoms with Gasteiger partial charge in [-0.25, -0.2) is 0 Å². The fourth-order valence-corrected chi connectivity index (χ4v) is 6.03. The van der Waals surface area contributed by atoms with Crippen molar-refractivity contribution in [2.24, 2.45) is 11.8 Å². The van der Waals surface area contributed by atoms with Gasteiger partial charge in [-0.3, -0.25) is 4.79 Å². The highest BCUT2D eigenvalue weighted by atomic mass is 16.3. The molecule has 0 unspecified atom stereocenters. The first-order valence-corrected chi connectivity index (χ1v) is 13.0. The highest BCUT2D eigenvalue weighted by Gasteiger charge is 2.39. The summed E-state index contributed by atoms with van der Waals surface area (Å²) in [5, 5.41) is 22.2. The summed E-state index contributed by atoms with van der Waals surface area (Å²) in [5.41, 5.74) is 3.59. The van der Waals surface area contributed by atoms with E-state index in [2.05, 4.69) is 40.0 Å². The van der Waals surface area contributed by atoms with E-state index in [1.54, 1.807) is 0 Å². The molecule has 5 rings (SSSR count). The van der Waals surface area contributed by atoms with Crippen LogP contribution in [0.15, 0.2) is 18.2 Å². The molecular formula is C27H38N4O2. The number of aliphatic hydroxyl groups excluding tert-OH is 1. The summed E-state index contributed by atoms with van der Waals surface area (Å²) in [4.78, 5) is 13.1. The number of aromatic nitrogens is 3. The lowest BCUT2D eigenvalue weighted by Gasteiger charge is -2.36. The maximum atomic E-state index is 13.1. The Labute approximate surface area is 197 Å². The van der Waals surface area contributed by atoms with E-state index in [0.717, 1.165) is 61.3 Å². The minimum Gasteiger partial charge on any atom is -0.396 e. The number of amides is 1. The molecule has 2 aromatic rings. The van der Waals surface area contributed by atoms with Gasteiger partial charge in [0, 0.05) is 36.6 Å². The molecule has 1 atom stereocenters. The van der Waals surface area contributed by atoms with Crippen molar-refractivity contribution >= 4 is 11.6 Å². The highest BCUT2D eigenvalue weighted by molar-refractivity contribution is 5.92. The topological polar surface area (TPSA) is 80.0 Å². The average Bonchev–Trinajstić information content (AvgIpc) is 3.30. The normalized spacial score (nSPS) is 22.8. The van der Waals surface area contributed by atoms with Gasteiger partial charge in [-0.1, -0.05) is 26.0 Å². The minimum absolute atomic E-state index is 0.00119.